The first kappa shape index (κ1) is 18.8. The van der Waals surface area contributed by atoms with Crippen molar-refractivity contribution < 1.29 is 9.53 Å². The lowest BCUT2D eigenvalue weighted by atomic mass is 10.0. The third-order valence-corrected chi connectivity index (χ3v) is 4.14. The summed E-state index contributed by atoms with van der Waals surface area (Å²) in [6.07, 6.45) is 2.04. The van der Waals surface area contributed by atoms with Gasteiger partial charge in [0.15, 0.2) is 6.61 Å². The van der Waals surface area contributed by atoms with Crippen LogP contribution in [0, 0.1) is 0 Å². The Morgan fingerprint density at radius 1 is 1.36 bits per heavy atom. The minimum absolute atomic E-state index is 0. The standard InChI is InChI=1S/C17H26N2O2.ClH/c1-13(2)14-5-4-6-16(11-14)21-12-17(20)19(3)15-7-9-18-10-8-15;/h4-6,11,13,15,18H,7-10,12H2,1-3H3;1H. The summed E-state index contributed by atoms with van der Waals surface area (Å²) in [5.74, 6) is 1.28. The first-order valence-electron chi connectivity index (χ1n) is 7.77. The van der Waals surface area contributed by atoms with Crippen molar-refractivity contribution in [2.24, 2.45) is 0 Å². The first-order valence-corrected chi connectivity index (χ1v) is 7.77. The highest BCUT2D eigenvalue weighted by atomic mass is 35.5. The molecular formula is C17H27ClN2O2. The van der Waals surface area contributed by atoms with Crippen molar-refractivity contribution in [3.05, 3.63) is 29.8 Å². The summed E-state index contributed by atoms with van der Waals surface area (Å²) >= 11 is 0. The normalized spacial score (nSPS) is 15.3. The maximum atomic E-state index is 12.2. The zero-order chi connectivity index (χ0) is 15.2. The minimum Gasteiger partial charge on any atom is -0.484 e. The SMILES string of the molecule is CC(C)c1cccc(OCC(=O)N(C)C2CCNCC2)c1.Cl. The Balaban J connectivity index is 0.00000242. The molecule has 5 heteroatoms. The number of amides is 1. The van der Waals surface area contributed by atoms with Crippen LogP contribution in [-0.2, 0) is 4.79 Å². The molecule has 4 nitrogen and oxygen atoms in total. The molecule has 0 bridgehead atoms. The molecular weight excluding hydrogens is 300 g/mol. The number of hydrogen-bond donors (Lipinski definition) is 1. The van der Waals surface area contributed by atoms with Crippen LogP contribution in [0.15, 0.2) is 24.3 Å². The number of ether oxygens (including phenoxy) is 1. The number of piperidine rings is 1. The maximum Gasteiger partial charge on any atom is 0.260 e. The number of hydrogen-bond acceptors (Lipinski definition) is 3. The molecule has 1 aromatic rings. The Morgan fingerprint density at radius 3 is 2.68 bits per heavy atom. The van der Waals surface area contributed by atoms with Gasteiger partial charge in [-0.2, -0.15) is 0 Å². The molecule has 0 saturated carbocycles. The summed E-state index contributed by atoms with van der Waals surface area (Å²) < 4.78 is 5.66. The van der Waals surface area contributed by atoms with Crippen LogP contribution < -0.4 is 10.1 Å². The topological polar surface area (TPSA) is 41.6 Å². The molecule has 2 rings (SSSR count). The molecule has 0 unspecified atom stereocenters. The van der Waals surface area contributed by atoms with Crippen LogP contribution in [0.5, 0.6) is 5.75 Å². The van der Waals surface area contributed by atoms with E-state index in [1.165, 1.54) is 5.56 Å². The molecule has 0 spiro atoms. The van der Waals surface area contributed by atoms with Gasteiger partial charge < -0.3 is 15.0 Å². The average Bonchev–Trinajstić information content (AvgIpc) is 2.53. The summed E-state index contributed by atoms with van der Waals surface area (Å²) in [6, 6.07) is 8.32. The Morgan fingerprint density at radius 2 is 2.05 bits per heavy atom. The number of benzene rings is 1. The van der Waals surface area contributed by atoms with Crippen LogP contribution in [0.3, 0.4) is 0 Å². The Labute approximate surface area is 139 Å². The number of nitrogens with zero attached hydrogens (tertiary/aromatic N) is 1. The molecule has 1 amide bonds. The van der Waals surface area contributed by atoms with E-state index in [1.807, 2.05) is 30.1 Å². The van der Waals surface area contributed by atoms with Crippen molar-refractivity contribution in [3.8, 4) is 5.75 Å². The highest BCUT2D eigenvalue weighted by Gasteiger charge is 2.22. The van der Waals surface area contributed by atoms with Crippen LogP contribution in [0.1, 0.15) is 38.2 Å². The minimum atomic E-state index is 0. The Hall–Kier alpha value is -1.26. The second-order valence-corrected chi connectivity index (χ2v) is 6.00. The molecule has 22 heavy (non-hydrogen) atoms. The van der Waals surface area contributed by atoms with Gasteiger partial charge in [-0.1, -0.05) is 26.0 Å². The molecule has 1 aliphatic heterocycles. The fourth-order valence-electron chi connectivity index (χ4n) is 2.61. The van der Waals surface area contributed by atoms with Gasteiger partial charge in [0.25, 0.3) is 5.91 Å². The lowest BCUT2D eigenvalue weighted by molar-refractivity contribution is -0.134. The van der Waals surface area contributed by atoms with E-state index in [0.29, 0.717) is 12.0 Å². The molecule has 0 radical (unpaired) electrons. The number of halogens is 1. The Bertz CT molecular complexity index is 473. The highest BCUT2D eigenvalue weighted by molar-refractivity contribution is 5.85. The summed E-state index contributed by atoms with van der Waals surface area (Å²) in [5.41, 5.74) is 1.23. The van der Waals surface area contributed by atoms with Crippen molar-refractivity contribution in [2.45, 2.75) is 38.6 Å². The second kappa shape index (κ2) is 9.01. The van der Waals surface area contributed by atoms with E-state index in [2.05, 4.69) is 25.2 Å². The van der Waals surface area contributed by atoms with Gasteiger partial charge >= 0.3 is 0 Å². The van der Waals surface area contributed by atoms with Crippen LogP contribution in [0.4, 0.5) is 0 Å². The van der Waals surface area contributed by atoms with Gasteiger partial charge in [-0.05, 0) is 49.5 Å². The molecule has 1 fully saturated rings. The van der Waals surface area contributed by atoms with Gasteiger partial charge in [0.2, 0.25) is 0 Å². The van der Waals surface area contributed by atoms with Crippen molar-refractivity contribution >= 4 is 18.3 Å². The molecule has 0 aromatic heterocycles. The van der Waals surface area contributed by atoms with Crippen LogP contribution in [0.25, 0.3) is 0 Å². The first-order chi connectivity index (χ1) is 10.1. The Kier molecular flexibility index (Phi) is 7.69. The van der Waals surface area contributed by atoms with E-state index in [0.717, 1.165) is 31.7 Å². The van der Waals surface area contributed by atoms with E-state index in [-0.39, 0.29) is 24.9 Å². The van der Waals surface area contributed by atoms with Crippen molar-refractivity contribution in [3.63, 3.8) is 0 Å². The van der Waals surface area contributed by atoms with Gasteiger partial charge in [0, 0.05) is 13.1 Å². The van der Waals surface area contributed by atoms with Gasteiger partial charge in [-0.3, -0.25) is 4.79 Å². The van der Waals surface area contributed by atoms with Crippen LogP contribution in [-0.4, -0.2) is 43.6 Å². The van der Waals surface area contributed by atoms with Crippen LogP contribution in [0.2, 0.25) is 0 Å². The third-order valence-electron chi connectivity index (χ3n) is 4.14. The number of likely N-dealkylation sites (N-methyl/N-ethyl adjacent to an activating group) is 1. The number of carbonyl (C=O) groups is 1. The fraction of sp³-hybridized carbons (Fsp3) is 0.588. The van der Waals surface area contributed by atoms with E-state index in [9.17, 15) is 4.79 Å². The predicted molar refractivity (Wildman–Crippen MR) is 91.9 cm³/mol. The summed E-state index contributed by atoms with van der Waals surface area (Å²) in [6.45, 7) is 6.38. The molecule has 1 N–H and O–H groups in total. The largest absolute Gasteiger partial charge is 0.484 e. The van der Waals surface area contributed by atoms with Crippen LogP contribution >= 0.6 is 12.4 Å². The highest BCUT2D eigenvalue weighted by Crippen LogP contribution is 2.20. The van der Waals surface area contributed by atoms with Gasteiger partial charge in [-0.15, -0.1) is 12.4 Å². The molecule has 0 atom stereocenters. The zero-order valence-electron chi connectivity index (χ0n) is 13.7. The summed E-state index contributed by atoms with van der Waals surface area (Å²) in [4.78, 5) is 14.1. The van der Waals surface area contributed by atoms with Crippen molar-refractivity contribution in [2.75, 3.05) is 26.7 Å². The van der Waals surface area contributed by atoms with E-state index in [1.54, 1.807) is 0 Å². The van der Waals surface area contributed by atoms with Gasteiger partial charge in [-0.25, -0.2) is 0 Å². The fourth-order valence-corrected chi connectivity index (χ4v) is 2.61. The lowest BCUT2D eigenvalue weighted by Crippen LogP contribution is -2.45. The van der Waals surface area contributed by atoms with Gasteiger partial charge in [0.1, 0.15) is 5.75 Å². The van der Waals surface area contributed by atoms with Crippen molar-refractivity contribution in [1.82, 2.24) is 10.2 Å². The molecule has 1 aromatic carbocycles. The average molecular weight is 327 g/mol. The number of rotatable bonds is 5. The number of carbonyl (C=O) groups excluding carboxylic acids is 1. The quantitative estimate of drug-likeness (QED) is 0.904. The molecule has 1 aliphatic rings. The van der Waals surface area contributed by atoms with Crippen molar-refractivity contribution in [1.29, 1.82) is 0 Å². The zero-order valence-corrected chi connectivity index (χ0v) is 14.5. The monoisotopic (exact) mass is 326 g/mol. The van der Waals surface area contributed by atoms with E-state index < -0.39 is 0 Å². The van der Waals surface area contributed by atoms with E-state index in [4.69, 9.17) is 4.74 Å². The lowest BCUT2D eigenvalue weighted by Gasteiger charge is -2.31. The molecule has 1 heterocycles. The number of nitrogens with one attached hydrogen (secondary N) is 1. The summed E-state index contributed by atoms with van der Waals surface area (Å²) in [5, 5.41) is 3.31. The molecule has 1 saturated heterocycles. The van der Waals surface area contributed by atoms with E-state index >= 15 is 0 Å². The third kappa shape index (κ3) is 5.18. The molecule has 0 aliphatic carbocycles. The smallest absolute Gasteiger partial charge is 0.260 e. The van der Waals surface area contributed by atoms with Gasteiger partial charge in [0.05, 0.1) is 0 Å². The second-order valence-electron chi connectivity index (χ2n) is 6.00. The molecule has 124 valence electrons. The maximum absolute atomic E-state index is 12.2. The predicted octanol–water partition coefficient (Wildman–Crippen LogP) is 2.82. The summed E-state index contributed by atoms with van der Waals surface area (Å²) in [7, 11) is 1.88.